The van der Waals surface area contributed by atoms with Gasteiger partial charge in [0.2, 0.25) is 0 Å². The smallest absolute Gasteiger partial charge is 0.268 e. The Bertz CT molecular complexity index is 2420. The van der Waals surface area contributed by atoms with Crippen molar-refractivity contribution in [2.45, 2.75) is 24.8 Å². The van der Waals surface area contributed by atoms with Crippen LogP contribution in [0.5, 0.6) is 11.5 Å². The third-order valence-corrected chi connectivity index (χ3v) is 11.7. The Labute approximate surface area is 334 Å². The van der Waals surface area contributed by atoms with Crippen molar-refractivity contribution >= 4 is 49.8 Å². The highest BCUT2D eigenvalue weighted by molar-refractivity contribution is 7.90. The van der Waals surface area contributed by atoms with Crippen LogP contribution in [0.4, 0.5) is 11.4 Å². The third kappa shape index (κ3) is 9.20. The van der Waals surface area contributed by atoms with Gasteiger partial charge in [-0.15, -0.1) is 0 Å². The monoisotopic (exact) mass is 790 g/mol. The number of hydrogen-bond acceptors (Lipinski definition) is 8. The van der Waals surface area contributed by atoms with E-state index >= 15 is 0 Å². The highest BCUT2D eigenvalue weighted by Crippen LogP contribution is 2.35. The first-order valence-corrected chi connectivity index (χ1v) is 20.7. The van der Waals surface area contributed by atoms with Gasteiger partial charge in [-0.05, 0) is 117 Å². The fourth-order valence-corrected chi connectivity index (χ4v) is 8.25. The van der Waals surface area contributed by atoms with E-state index in [4.69, 9.17) is 16.3 Å². The molecule has 0 atom stereocenters. The van der Waals surface area contributed by atoms with Crippen LogP contribution in [0.3, 0.4) is 0 Å². The number of aromatic nitrogens is 1. The van der Waals surface area contributed by atoms with E-state index in [-0.39, 0.29) is 16.2 Å². The molecule has 2 heterocycles. The molecule has 0 aliphatic carbocycles. The zero-order valence-corrected chi connectivity index (χ0v) is 33.5. The molecule has 290 valence electrons. The Kier molecular flexibility index (Phi) is 12.0. The molecule has 3 N–H and O–H groups in total. The van der Waals surface area contributed by atoms with E-state index in [2.05, 4.69) is 66.1 Å². The van der Waals surface area contributed by atoms with Gasteiger partial charge in [0.25, 0.3) is 15.9 Å². The lowest BCUT2D eigenvalue weighted by molar-refractivity contribution is 0.0979. The molecule has 10 nitrogen and oxygen atoms in total. The summed E-state index contributed by atoms with van der Waals surface area (Å²) in [7, 11) is -0.146. The van der Waals surface area contributed by atoms with Crippen LogP contribution in [0.25, 0.3) is 22.0 Å². The first kappa shape index (κ1) is 38.9. The summed E-state index contributed by atoms with van der Waals surface area (Å²) in [6.07, 6.45) is 2.77. The van der Waals surface area contributed by atoms with Crippen LogP contribution in [0.15, 0.2) is 120 Å². The molecule has 1 fully saturated rings. The first-order valence-electron chi connectivity index (χ1n) is 18.8. The molecule has 0 spiro atoms. The number of aryl methyl sites for hydroxylation is 1. The molecule has 0 saturated carbocycles. The normalized spacial score (nSPS) is 13.6. The highest BCUT2D eigenvalue weighted by atomic mass is 35.5. The van der Waals surface area contributed by atoms with E-state index in [1.807, 2.05) is 75.7 Å². The van der Waals surface area contributed by atoms with Gasteiger partial charge in [0, 0.05) is 78.8 Å². The van der Waals surface area contributed by atoms with Gasteiger partial charge in [-0.25, -0.2) is 13.1 Å². The van der Waals surface area contributed by atoms with E-state index in [1.165, 1.54) is 17.2 Å². The molecule has 7 rings (SSSR count). The predicted molar refractivity (Wildman–Crippen MR) is 227 cm³/mol. The minimum absolute atomic E-state index is 0.00651. The Morgan fingerprint density at radius 2 is 1.66 bits per heavy atom. The largest absolute Gasteiger partial charge is 0.456 e. The fraction of sp³-hybridized carbons (Fsp3) is 0.250. The van der Waals surface area contributed by atoms with Crippen molar-refractivity contribution in [3.8, 4) is 22.6 Å². The van der Waals surface area contributed by atoms with E-state index in [0.717, 1.165) is 85.6 Å². The second-order valence-electron chi connectivity index (χ2n) is 14.4. The number of anilines is 2. The Balaban J connectivity index is 1.08. The van der Waals surface area contributed by atoms with Gasteiger partial charge in [0.1, 0.15) is 11.5 Å². The molecular weight excluding hydrogens is 744 g/mol. The summed E-state index contributed by atoms with van der Waals surface area (Å²) >= 11 is 6.16. The lowest BCUT2D eigenvalue weighted by Crippen LogP contribution is -2.46. The van der Waals surface area contributed by atoms with E-state index in [9.17, 15) is 13.2 Å². The Hall–Kier alpha value is -5.33. The molecule has 6 aromatic rings. The van der Waals surface area contributed by atoms with Gasteiger partial charge in [-0.2, -0.15) is 0 Å². The number of carbonyl (C=O) groups excluding carboxylic acids is 1. The molecule has 0 unspecified atom stereocenters. The first-order chi connectivity index (χ1) is 27.0. The second kappa shape index (κ2) is 17.2. The number of piperazine rings is 1. The summed E-state index contributed by atoms with van der Waals surface area (Å²) in [5.74, 6) is 0.0310. The lowest BCUT2D eigenvalue weighted by atomic mass is 9.99. The highest BCUT2D eigenvalue weighted by Gasteiger charge is 2.25. The summed E-state index contributed by atoms with van der Waals surface area (Å²) in [6.45, 7) is 7.54. The molecule has 1 aliphatic rings. The number of amides is 1. The summed E-state index contributed by atoms with van der Waals surface area (Å²) in [5.41, 5.74) is 7.07. The summed E-state index contributed by atoms with van der Waals surface area (Å²) in [6, 6.07) is 34.1. The summed E-state index contributed by atoms with van der Waals surface area (Å²) in [4.78, 5) is 23.9. The number of nitrogens with zero attached hydrogens (tertiary/aromatic N) is 3. The van der Waals surface area contributed by atoms with Gasteiger partial charge < -0.3 is 24.8 Å². The zero-order chi connectivity index (χ0) is 39.2. The van der Waals surface area contributed by atoms with Crippen LogP contribution >= 0.6 is 11.6 Å². The van der Waals surface area contributed by atoms with Crippen LogP contribution in [0.1, 0.15) is 27.9 Å². The van der Waals surface area contributed by atoms with E-state index in [0.29, 0.717) is 10.8 Å². The van der Waals surface area contributed by atoms with Crippen molar-refractivity contribution in [1.29, 1.82) is 0 Å². The Morgan fingerprint density at radius 3 is 2.43 bits per heavy atom. The number of aromatic amines is 1. The second-order valence-corrected chi connectivity index (χ2v) is 16.5. The average Bonchev–Trinajstić information content (AvgIpc) is 3.68. The van der Waals surface area contributed by atoms with Gasteiger partial charge in [-0.1, -0.05) is 54.1 Å². The SMILES string of the molecule is Cc1cc(S(=O)(=O)NC(=O)c2ccc(N3CCN(Cc4ccccc4-c4ccc(Cl)cc4)CC3)cc2Oc2cccc3[nH]ccc23)ccc1NCCCN(C)C. The molecule has 1 saturated heterocycles. The van der Waals surface area contributed by atoms with E-state index < -0.39 is 15.9 Å². The van der Waals surface area contributed by atoms with E-state index in [1.54, 1.807) is 18.2 Å². The van der Waals surface area contributed by atoms with Crippen molar-refractivity contribution in [2.75, 3.05) is 63.6 Å². The number of ether oxygens (including phenoxy) is 1. The predicted octanol–water partition coefficient (Wildman–Crippen LogP) is 8.39. The molecule has 5 aromatic carbocycles. The molecule has 0 bridgehead atoms. The minimum Gasteiger partial charge on any atom is -0.456 e. The van der Waals surface area contributed by atoms with Crippen molar-refractivity contribution < 1.29 is 17.9 Å². The van der Waals surface area contributed by atoms with Crippen molar-refractivity contribution in [3.63, 3.8) is 0 Å². The molecule has 56 heavy (non-hydrogen) atoms. The van der Waals surface area contributed by atoms with Gasteiger partial charge in [-0.3, -0.25) is 9.69 Å². The molecular formula is C44H47ClN6O4S. The van der Waals surface area contributed by atoms with Gasteiger partial charge >= 0.3 is 0 Å². The molecule has 1 amide bonds. The number of fused-ring (bicyclic) bond motifs is 1. The molecule has 0 radical (unpaired) electrons. The zero-order valence-electron chi connectivity index (χ0n) is 31.9. The maximum Gasteiger partial charge on any atom is 0.268 e. The minimum atomic E-state index is -4.20. The molecule has 12 heteroatoms. The standard InChI is InChI=1S/C44H47ClN6O4S/c1-31-28-36(17-19-40(31)46-21-7-23-49(2)3)56(53,54)48-44(52)39-18-16-35(29-43(39)55-42-11-6-10-41-38(42)20-22-47-41)51-26-24-50(25-27-51)30-33-8-4-5-9-37(33)32-12-14-34(45)15-13-32/h4-6,8-20,22,28-29,46-47H,7,21,23-27,30H2,1-3H3,(H,48,52). The van der Waals surface area contributed by atoms with Crippen LogP contribution in [0, 0.1) is 6.92 Å². The van der Waals surface area contributed by atoms with Crippen molar-refractivity contribution in [3.05, 3.63) is 137 Å². The Morgan fingerprint density at radius 1 is 0.875 bits per heavy atom. The van der Waals surface area contributed by atoms with Crippen LogP contribution in [-0.2, 0) is 16.6 Å². The number of carbonyl (C=O) groups is 1. The number of hydrogen-bond donors (Lipinski definition) is 3. The number of benzene rings is 5. The van der Waals surface area contributed by atoms with Crippen LogP contribution in [0.2, 0.25) is 5.02 Å². The fourth-order valence-electron chi connectivity index (χ4n) is 7.07. The molecule has 1 aliphatic heterocycles. The quantitative estimate of drug-likeness (QED) is 0.0945. The number of H-pyrrole nitrogens is 1. The number of halogens is 1. The molecule has 1 aromatic heterocycles. The summed E-state index contributed by atoms with van der Waals surface area (Å²) < 4.78 is 36.0. The lowest BCUT2D eigenvalue weighted by Gasteiger charge is -2.36. The third-order valence-electron chi connectivity index (χ3n) is 10.1. The topological polar surface area (TPSA) is 110 Å². The average molecular weight is 791 g/mol. The van der Waals surface area contributed by atoms with Crippen molar-refractivity contribution in [1.82, 2.24) is 19.5 Å². The van der Waals surface area contributed by atoms with Crippen molar-refractivity contribution in [2.24, 2.45) is 0 Å². The number of nitrogens with one attached hydrogen (secondary N) is 3. The summed E-state index contributed by atoms with van der Waals surface area (Å²) in [5, 5.41) is 4.93. The number of sulfonamides is 1. The maximum absolute atomic E-state index is 13.9. The van der Waals surface area contributed by atoms with Crippen LogP contribution < -0.4 is 19.7 Å². The number of rotatable bonds is 14. The maximum atomic E-state index is 13.9. The van der Waals surface area contributed by atoms with Gasteiger partial charge in [0.15, 0.2) is 0 Å². The van der Waals surface area contributed by atoms with Crippen LogP contribution in [-0.4, -0.2) is 82.5 Å². The van der Waals surface area contributed by atoms with Gasteiger partial charge in [0.05, 0.1) is 10.5 Å².